The SMILES string of the molecule is Cc1nn(-c2ccc(C(C)C)cc2)c(C)c1[C@@H]1C=C[C@@H](NCc2cccc(Cl)c2)C1. The first kappa shape index (κ1) is 20.9. The molecule has 0 saturated carbocycles. The van der Waals surface area contributed by atoms with Gasteiger partial charge in [0.05, 0.1) is 11.4 Å². The first-order valence-corrected chi connectivity index (χ1v) is 11.1. The predicted octanol–water partition coefficient (Wildman–Crippen LogP) is 6.47. The van der Waals surface area contributed by atoms with Crippen LogP contribution in [0, 0.1) is 13.8 Å². The Morgan fingerprint density at radius 2 is 1.87 bits per heavy atom. The zero-order valence-corrected chi connectivity index (χ0v) is 18.9. The number of nitrogens with zero attached hydrogens (tertiary/aromatic N) is 2. The summed E-state index contributed by atoms with van der Waals surface area (Å²) in [4.78, 5) is 0. The number of hydrogen-bond acceptors (Lipinski definition) is 2. The van der Waals surface area contributed by atoms with Gasteiger partial charge in [0.1, 0.15) is 0 Å². The van der Waals surface area contributed by atoms with Gasteiger partial charge in [0.15, 0.2) is 0 Å². The third-order valence-electron chi connectivity index (χ3n) is 6.06. The van der Waals surface area contributed by atoms with Gasteiger partial charge in [-0.3, -0.25) is 0 Å². The maximum Gasteiger partial charge on any atom is 0.0649 e. The van der Waals surface area contributed by atoms with Gasteiger partial charge in [0.2, 0.25) is 0 Å². The van der Waals surface area contributed by atoms with Crippen molar-refractivity contribution in [1.82, 2.24) is 15.1 Å². The molecule has 0 amide bonds. The number of rotatable bonds is 6. The second kappa shape index (κ2) is 8.79. The molecule has 1 heterocycles. The number of hydrogen-bond donors (Lipinski definition) is 1. The fourth-order valence-electron chi connectivity index (χ4n) is 4.40. The highest BCUT2D eigenvalue weighted by Gasteiger charge is 2.26. The van der Waals surface area contributed by atoms with E-state index in [1.807, 2.05) is 18.2 Å². The molecule has 4 rings (SSSR count). The van der Waals surface area contributed by atoms with Crippen molar-refractivity contribution in [2.45, 2.75) is 58.5 Å². The van der Waals surface area contributed by atoms with Crippen LogP contribution in [0.4, 0.5) is 0 Å². The largest absolute Gasteiger partial charge is 0.306 e. The lowest BCUT2D eigenvalue weighted by molar-refractivity contribution is 0.559. The minimum absolute atomic E-state index is 0.362. The quantitative estimate of drug-likeness (QED) is 0.464. The van der Waals surface area contributed by atoms with Gasteiger partial charge >= 0.3 is 0 Å². The zero-order chi connectivity index (χ0) is 21.3. The molecule has 30 heavy (non-hydrogen) atoms. The van der Waals surface area contributed by atoms with E-state index < -0.39 is 0 Å². The van der Waals surface area contributed by atoms with Gasteiger partial charge in [0.25, 0.3) is 0 Å². The zero-order valence-electron chi connectivity index (χ0n) is 18.2. The summed E-state index contributed by atoms with van der Waals surface area (Å²) in [5.41, 5.74) is 7.40. The molecule has 0 fully saturated rings. The van der Waals surface area contributed by atoms with Crippen LogP contribution in [0.1, 0.15) is 60.2 Å². The number of allylic oxidation sites excluding steroid dienone is 1. The van der Waals surface area contributed by atoms with Gasteiger partial charge in [-0.25, -0.2) is 4.68 Å². The van der Waals surface area contributed by atoms with Crippen LogP contribution in [0.5, 0.6) is 0 Å². The highest BCUT2D eigenvalue weighted by Crippen LogP contribution is 2.34. The molecule has 1 N–H and O–H groups in total. The second-order valence-electron chi connectivity index (χ2n) is 8.59. The van der Waals surface area contributed by atoms with E-state index in [-0.39, 0.29) is 0 Å². The van der Waals surface area contributed by atoms with Gasteiger partial charge in [-0.1, -0.05) is 61.9 Å². The van der Waals surface area contributed by atoms with E-state index in [1.165, 1.54) is 22.4 Å². The lowest BCUT2D eigenvalue weighted by Gasteiger charge is -2.15. The van der Waals surface area contributed by atoms with Crippen LogP contribution in [-0.2, 0) is 6.54 Å². The first-order chi connectivity index (χ1) is 14.4. The fraction of sp³-hybridized carbons (Fsp3) is 0.346. The number of benzene rings is 2. The normalized spacial score (nSPS) is 18.5. The maximum absolute atomic E-state index is 6.10. The van der Waals surface area contributed by atoms with E-state index >= 15 is 0 Å². The Labute approximate surface area is 184 Å². The Kier molecular flexibility index (Phi) is 6.12. The highest BCUT2D eigenvalue weighted by atomic mass is 35.5. The lowest BCUT2D eigenvalue weighted by atomic mass is 9.95. The number of halogens is 1. The molecule has 1 aliphatic carbocycles. The number of aryl methyl sites for hydroxylation is 1. The fourth-order valence-corrected chi connectivity index (χ4v) is 4.62. The maximum atomic E-state index is 6.10. The molecule has 0 spiro atoms. The van der Waals surface area contributed by atoms with Crippen LogP contribution in [-0.4, -0.2) is 15.8 Å². The van der Waals surface area contributed by atoms with Crippen LogP contribution >= 0.6 is 11.6 Å². The van der Waals surface area contributed by atoms with Gasteiger partial charge < -0.3 is 5.32 Å². The summed E-state index contributed by atoms with van der Waals surface area (Å²) in [6.45, 7) is 9.58. The highest BCUT2D eigenvalue weighted by molar-refractivity contribution is 6.30. The van der Waals surface area contributed by atoms with E-state index in [2.05, 4.69) is 80.2 Å². The standard InChI is InChI=1S/C26H30ClN3/c1-17(2)21-9-12-25(13-10-21)30-19(4)26(18(3)29-30)22-8-11-24(15-22)28-16-20-6-5-7-23(27)14-20/h5-14,17,22,24,28H,15-16H2,1-4H3/t22-,24-/m1/s1. The molecule has 0 radical (unpaired) electrons. The molecular weight excluding hydrogens is 390 g/mol. The monoisotopic (exact) mass is 419 g/mol. The van der Waals surface area contributed by atoms with Crippen LogP contribution < -0.4 is 5.32 Å². The molecule has 3 nitrogen and oxygen atoms in total. The summed E-state index contributed by atoms with van der Waals surface area (Å²) in [6.07, 6.45) is 5.68. The summed E-state index contributed by atoms with van der Waals surface area (Å²) >= 11 is 6.10. The molecule has 1 aliphatic rings. The van der Waals surface area contributed by atoms with Crippen molar-refractivity contribution in [2.24, 2.45) is 0 Å². The van der Waals surface area contributed by atoms with E-state index in [1.54, 1.807) is 0 Å². The lowest BCUT2D eigenvalue weighted by Crippen LogP contribution is -2.25. The Morgan fingerprint density at radius 3 is 2.57 bits per heavy atom. The molecule has 1 aromatic heterocycles. The van der Waals surface area contributed by atoms with Crippen molar-refractivity contribution in [3.8, 4) is 5.69 Å². The summed E-state index contributed by atoms with van der Waals surface area (Å²) < 4.78 is 2.09. The Balaban J connectivity index is 1.47. The summed E-state index contributed by atoms with van der Waals surface area (Å²) in [5, 5.41) is 9.31. The van der Waals surface area contributed by atoms with Crippen molar-refractivity contribution >= 4 is 11.6 Å². The van der Waals surface area contributed by atoms with E-state index in [9.17, 15) is 0 Å². The molecule has 4 heteroatoms. The molecule has 0 aliphatic heterocycles. The van der Waals surface area contributed by atoms with Gasteiger partial charge in [-0.15, -0.1) is 0 Å². The predicted molar refractivity (Wildman–Crippen MR) is 126 cm³/mol. The summed E-state index contributed by atoms with van der Waals surface area (Å²) in [6, 6.07) is 17.2. The van der Waals surface area contributed by atoms with Crippen molar-refractivity contribution in [3.05, 3.63) is 93.8 Å². The van der Waals surface area contributed by atoms with E-state index in [4.69, 9.17) is 16.7 Å². The van der Waals surface area contributed by atoms with Gasteiger partial charge in [0, 0.05) is 34.8 Å². The third kappa shape index (κ3) is 4.38. The average molecular weight is 420 g/mol. The molecule has 0 unspecified atom stereocenters. The molecule has 0 bridgehead atoms. The second-order valence-corrected chi connectivity index (χ2v) is 9.02. The Bertz CT molecular complexity index is 1050. The number of nitrogens with one attached hydrogen (secondary N) is 1. The molecular formula is C26H30ClN3. The van der Waals surface area contributed by atoms with Crippen molar-refractivity contribution in [3.63, 3.8) is 0 Å². The third-order valence-corrected chi connectivity index (χ3v) is 6.30. The van der Waals surface area contributed by atoms with Gasteiger partial charge in [-0.05, 0) is 61.6 Å². The Hall–Kier alpha value is -2.36. The van der Waals surface area contributed by atoms with Crippen LogP contribution in [0.3, 0.4) is 0 Å². The van der Waals surface area contributed by atoms with Crippen LogP contribution in [0.25, 0.3) is 5.69 Å². The van der Waals surface area contributed by atoms with Crippen LogP contribution in [0.15, 0.2) is 60.7 Å². The Morgan fingerprint density at radius 1 is 1.10 bits per heavy atom. The number of aromatic nitrogens is 2. The summed E-state index contributed by atoms with van der Waals surface area (Å²) in [7, 11) is 0. The van der Waals surface area contributed by atoms with Crippen molar-refractivity contribution < 1.29 is 0 Å². The molecule has 2 atom stereocenters. The van der Waals surface area contributed by atoms with Crippen LogP contribution in [0.2, 0.25) is 5.02 Å². The molecule has 0 saturated heterocycles. The van der Waals surface area contributed by atoms with Gasteiger partial charge in [-0.2, -0.15) is 5.10 Å². The molecule has 3 aromatic rings. The van der Waals surface area contributed by atoms with E-state index in [0.717, 1.165) is 29.4 Å². The van der Waals surface area contributed by atoms with Crippen molar-refractivity contribution in [1.29, 1.82) is 0 Å². The minimum Gasteiger partial charge on any atom is -0.306 e. The summed E-state index contributed by atoms with van der Waals surface area (Å²) in [5.74, 6) is 0.931. The average Bonchev–Trinajstić information content (AvgIpc) is 3.30. The van der Waals surface area contributed by atoms with E-state index in [0.29, 0.717) is 17.9 Å². The minimum atomic E-state index is 0.362. The molecule has 2 aromatic carbocycles. The first-order valence-electron chi connectivity index (χ1n) is 10.7. The topological polar surface area (TPSA) is 29.9 Å². The van der Waals surface area contributed by atoms with Crippen molar-refractivity contribution in [2.75, 3.05) is 0 Å². The molecule has 156 valence electrons. The smallest absolute Gasteiger partial charge is 0.0649 e.